The standard InChI is InChI=1S/C18H18F3N3O3/c1-11-8-12(10-13(9-11)17(26)27)16(25)23-5-2-14(3-6-23)24-7-4-15(22-24)18(19,20)21/h4,7-10,14H,2-3,5-6H2,1H3,(H,26,27). The molecule has 1 aliphatic heterocycles. The maximum absolute atomic E-state index is 12.7. The van der Waals surface area contributed by atoms with Crippen molar-refractivity contribution in [3.05, 3.63) is 52.8 Å². The van der Waals surface area contributed by atoms with Crippen LogP contribution in [0.5, 0.6) is 0 Å². The van der Waals surface area contributed by atoms with E-state index in [1.165, 1.54) is 23.0 Å². The quantitative estimate of drug-likeness (QED) is 0.884. The molecule has 6 nitrogen and oxygen atoms in total. The van der Waals surface area contributed by atoms with Crippen LogP contribution in [0.15, 0.2) is 30.5 Å². The number of nitrogens with zero attached hydrogens (tertiary/aromatic N) is 3. The molecule has 0 atom stereocenters. The molecule has 9 heteroatoms. The molecule has 1 saturated heterocycles. The van der Waals surface area contributed by atoms with E-state index in [4.69, 9.17) is 5.11 Å². The predicted molar refractivity (Wildman–Crippen MR) is 89.5 cm³/mol. The summed E-state index contributed by atoms with van der Waals surface area (Å²) in [7, 11) is 0. The van der Waals surface area contributed by atoms with Crippen LogP contribution in [0.25, 0.3) is 0 Å². The average Bonchev–Trinajstić information content (AvgIpc) is 3.11. The first kappa shape index (κ1) is 18.9. The van der Waals surface area contributed by atoms with Gasteiger partial charge in [-0.05, 0) is 49.6 Å². The van der Waals surface area contributed by atoms with E-state index in [0.29, 0.717) is 37.1 Å². The first-order valence-electron chi connectivity index (χ1n) is 8.42. The molecule has 0 unspecified atom stereocenters. The Hall–Kier alpha value is -2.84. The molecule has 1 aromatic heterocycles. The van der Waals surface area contributed by atoms with Gasteiger partial charge in [-0.2, -0.15) is 18.3 Å². The molecule has 3 rings (SSSR count). The Morgan fingerprint density at radius 1 is 1.15 bits per heavy atom. The number of aromatic nitrogens is 2. The molecule has 2 aromatic rings. The fraction of sp³-hybridized carbons (Fsp3) is 0.389. The number of carbonyl (C=O) groups is 2. The highest BCUT2D eigenvalue weighted by Gasteiger charge is 2.34. The topological polar surface area (TPSA) is 75.4 Å². The van der Waals surface area contributed by atoms with Gasteiger partial charge in [-0.1, -0.05) is 0 Å². The van der Waals surface area contributed by atoms with Crippen LogP contribution >= 0.6 is 0 Å². The van der Waals surface area contributed by atoms with Crippen LogP contribution in [0.4, 0.5) is 13.2 Å². The number of carboxylic acid groups (broad SMARTS) is 1. The zero-order valence-corrected chi connectivity index (χ0v) is 14.5. The lowest BCUT2D eigenvalue weighted by atomic mass is 10.0. The van der Waals surface area contributed by atoms with E-state index >= 15 is 0 Å². The van der Waals surface area contributed by atoms with Crippen molar-refractivity contribution in [2.24, 2.45) is 0 Å². The maximum atomic E-state index is 12.7. The molecular formula is C18H18F3N3O3. The monoisotopic (exact) mass is 381 g/mol. The minimum atomic E-state index is -4.48. The third kappa shape index (κ3) is 4.12. The fourth-order valence-corrected chi connectivity index (χ4v) is 3.24. The summed E-state index contributed by atoms with van der Waals surface area (Å²) < 4.78 is 39.3. The molecule has 0 radical (unpaired) electrons. The van der Waals surface area contributed by atoms with Crippen LogP contribution in [0.3, 0.4) is 0 Å². The van der Waals surface area contributed by atoms with Crippen LogP contribution in [-0.2, 0) is 6.18 Å². The van der Waals surface area contributed by atoms with Gasteiger partial charge in [0.25, 0.3) is 5.91 Å². The largest absolute Gasteiger partial charge is 0.478 e. The van der Waals surface area contributed by atoms with Crippen molar-refractivity contribution < 1.29 is 27.9 Å². The van der Waals surface area contributed by atoms with E-state index in [9.17, 15) is 22.8 Å². The minimum Gasteiger partial charge on any atom is -0.478 e. The molecule has 1 fully saturated rings. The van der Waals surface area contributed by atoms with Gasteiger partial charge in [-0.15, -0.1) is 0 Å². The van der Waals surface area contributed by atoms with E-state index in [1.807, 2.05) is 0 Å². The van der Waals surface area contributed by atoms with Crippen LogP contribution in [0.1, 0.15) is 50.9 Å². The lowest BCUT2D eigenvalue weighted by Gasteiger charge is -2.32. The molecule has 0 aliphatic carbocycles. The van der Waals surface area contributed by atoms with Crippen molar-refractivity contribution in [2.45, 2.75) is 32.0 Å². The second-order valence-corrected chi connectivity index (χ2v) is 6.59. The van der Waals surface area contributed by atoms with Crippen LogP contribution in [0, 0.1) is 6.92 Å². The van der Waals surface area contributed by atoms with Gasteiger partial charge in [0.2, 0.25) is 0 Å². The molecule has 1 aromatic carbocycles. The zero-order valence-electron chi connectivity index (χ0n) is 14.5. The summed E-state index contributed by atoms with van der Waals surface area (Å²) in [6.45, 7) is 2.44. The number of benzene rings is 1. The van der Waals surface area contributed by atoms with Gasteiger partial charge < -0.3 is 10.0 Å². The number of hydrogen-bond donors (Lipinski definition) is 1. The Kier molecular flexibility index (Phi) is 4.95. The number of likely N-dealkylation sites (tertiary alicyclic amines) is 1. The fourth-order valence-electron chi connectivity index (χ4n) is 3.24. The highest BCUT2D eigenvalue weighted by atomic mass is 19.4. The van der Waals surface area contributed by atoms with E-state index in [2.05, 4.69) is 5.10 Å². The van der Waals surface area contributed by atoms with E-state index in [-0.39, 0.29) is 17.5 Å². The zero-order chi connectivity index (χ0) is 19.8. The Morgan fingerprint density at radius 3 is 2.33 bits per heavy atom. The summed E-state index contributed by atoms with van der Waals surface area (Å²) in [6.07, 6.45) is -2.22. The summed E-state index contributed by atoms with van der Waals surface area (Å²) >= 11 is 0. The molecular weight excluding hydrogens is 363 g/mol. The number of halogens is 3. The number of aromatic carboxylic acids is 1. The Balaban J connectivity index is 1.68. The average molecular weight is 381 g/mol. The molecule has 0 saturated carbocycles. The summed E-state index contributed by atoms with van der Waals surface area (Å²) in [5, 5.41) is 12.7. The summed E-state index contributed by atoms with van der Waals surface area (Å²) in [5.74, 6) is -1.39. The van der Waals surface area contributed by atoms with Gasteiger partial charge in [0.05, 0.1) is 11.6 Å². The van der Waals surface area contributed by atoms with Crippen LogP contribution in [-0.4, -0.2) is 44.8 Å². The van der Waals surface area contributed by atoms with E-state index < -0.39 is 17.8 Å². The second kappa shape index (κ2) is 7.05. The summed E-state index contributed by atoms with van der Waals surface area (Å²) in [4.78, 5) is 25.4. The molecule has 0 spiro atoms. The first-order chi connectivity index (χ1) is 12.6. The normalized spacial score (nSPS) is 15.8. The molecule has 1 amide bonds. The number of hydrogen-bond acceptors (Lipinski definition) is 3. The molecule has 1 N–H and O–H groups in total. The Bertz CT molecular complexity index is 868. The lowest BCUT2D eigenvalue weighted by Crippen LogP contribution is -2.39. The number of piperidine rings is 1. The van der Waals surface area contributed by atoms with Crippen molar-refractivity contribution in [3.63, 3.8) is 0 Å². The molecule has 2 heterocycles. The van der Waals surface area contributed by atoms with Gasteiger partial charge in [-0.3, -0.25) is 9.48 Å². The van der Waals surface area contributed by atoms with Crippen molar-refractivity contribution >= 4 is 11.9 Å². The summed E-state index contributed by atoms with van der Waals surface area (Å²) in [6, 6.07) is 5.19. The highest BCUT2D eigenvalue weighted by Crippen LogP contribution is 2.30. The van der Waals surface area contributed by atoms with E-state index in [1.54, 1.807) is 17.9 Å². The van der Waals surface area contributed by atoms with Crippen LogP contribution in [0.2, 0.25) is 0 Å². The molecule has 144 valence electrons. The predicted octanol–water partition coefficient (Wildman–Crippen LogP) is 3.39. The number of rotatable bonds is 3. The number of carbonyl (C=O) groups excluding carboxylic acids is 1. The molecule has 27 heavy (non-hydrogen) atoms. The van der Waals surface area contributed by atoms with E-state index in [0.717, 1.165) is 6.07 Å². The summed E-state index contributed by atoms with van der Waals surface area (Å²) in [5.41, 5.74) is 0.0834. The van der Waals surface area contributed by atoms with Gasteiger partial charge >= 0.3 is 12.1 Å². The van der Waals surface area contributed by atoms with Crippen molar-refractivity contribution in [1.29, 1.82) is 0 Å². The second-order valence-electron chi connectivity index (χ2n) is 6.59. The first-order valence-corrected chi connectivity index (χ1v) is 8.42. The van der Waals surface area contributed by atoms with Crippen molar-refractivity contribution in [3.8, 4) is 0 Å². The van der Waals surface area contributed by atoms with Gasteiger partial charge in [0.1, 0.15) is 0 Å². The highest BCUT2D eigenvalue weighted by molar-refractivity contribution is 5.97. The number of amides is 1. The molecule has 1 aliphatic rings. The van der Waals surface area contributed by atoms with Gasteiger partial charge in [-0.25, -0.2) is 4.79 Å². The number of alkyl halides is 3. The molecule has 0 bridgehead atoms. The third-order valence-electron chi connectivity index (χ3n) is 4.60. The lowest BCUT2D eigenvalue weighted by molar-refractivity contribution is -0.141. The van der Waals surface area contributed by atoms with Crippen molar-refractivity contribution in [1.82, 2.24) is 14.7 Å². The minimum absolute atomic E-state index is 0.0458. The number of carboxylic acids is 1. The smallest absolute Gasteiger partial charge is 0.435 e. The Morgan fingerprint density at radius 2 is 1.78 bits per heavy atom. The number of aryl methyl sites for hydroxylation is 1. The van der Waals surface area contributed by atoms with Gasteiger partial charge in [0, 0.05) is 24.8 Å². The maximum Gasteiger partial charge on any atom is 0.435 e. The SMILES string of the molecule is Cc1cc(C(=O)O)cc(C(=O)N2CCC(n3ccc(C(F)(F)F)n3)CC2)c1. The van der Waals surface area contributed by atoms with Gasteiger partial charge in [0.15, 0.2) is 5.69 Å². The van der Waals surface area contributed by atoms with Crippen LogP contribution < -0.4 is 0 Å². The third-order valence-corrected chi connectivity index (χ3v) is 4.60. The van der Waals surface area contributed by atoms with Crippen molar-refractivity contribution in [2.75, 3.05) is 13.1 Å². The Labute approximate surface area is 153 Å².